The number of hydrogen-bond donors (Lipinski definition) is 4. The summed E-state index contributed by atoms with van der Waals surface area (Å²) in [4.78, 5) is 37.5. The van der Waals surface area contributed by atoms with Crippen molar-refractivity contribution in [3.63, 3.8) is 0 Å². The second kappa shape index (κ2) is 10.1. The number of amides is 3. The fourth-order valence-electron chi connectivity index (χ4n) is 3.96. The van der Waals surface area contributed by atoms with E-state index >= 15 is 0 Å². The highest BCUT2D eigenvalue weighted by Gasteiger charge is 2.18. The molecule has 35 heavy (non-hydrogen) atoms. The zero-order valence-corrected chi connectivity index (χ0v) is 19.4. The van der Waals surface area contributed by atoms with Gasteiger partial charge in [0.15, 0.2) is 0 Å². The first-order valence-corrected chi connectivity index (χ1v) is 11.1. The second-order valence-corrected chi connectivity index (χ2v) is 8.27. The minimum atomic E-state index is -0.997. The molecule has 0 atom stereocenters. The van der Waals surface area contributed by atoms with Crippen LogP contribution in [0.4, 0.5) is 21.9 Å². The third-order valence-corrected chi connectivity index (χ3v) is 5.71. The molecule has 0 aromatic heterocycles. The van der Waals surface area contributed by atoms with E-state index < -0.39 is 17.9 Å². The SMILES string of the molecule is Cc1cccc(C)c1NC(=O)Nc1cc2ccccc2cc1C(=O)Nc1ccccc1CC(=O)O. The Morgan fingerprint density at radius 3 is 2.03 bits per heavy atom. The molecule has 0 unspecified atom stereocenters. The van der Waals surface area contributed by atoms with Crippen molar-refractivity contribution in [2.75, 3.05) is 16.0 Å². The molecule has 4 aromatic carbocycles. The van der Waals surface area contributed by atoms with E-state index in [1.165, 1.54) is 0 Å². The van der Waals surface area contributed by atoms with Crippen molar-refractivity contribution in [2.45, 2.75) is 20.3 Å². The van der Waals surface area contributed by atoms with Crippen LogP contribution in [0.2, 0.25) is 0 Å². The molecule has 4 N–H and O–H groups in total. The molecule has 0 aliphatic heterocycles. The van der Waals surface area contributed by atoms with Gasteiger partial charge in [-0.3, -0.25) is 9.59 Å². The highest BCUT2D eigenvalue weighted by molar-refractivity contribution is 6.14. The van der Waals surface area contributed by atoms with Crippen molar-refractivity contribution in [3.8, 4) is 0 Å². The number of nitrogens with one attached hydrogen (secondary N) is 3. The van der Waals surface area contributed by atoms with Crippen LogP contribution in [0.15, 0.2) is 78.9 Å². The molecule has 4 aromatic rings. The molecule has 0 spiro atoms. The molecule has 0 bridgehead atoms. The van der Waals surface area contributed by atoms with Gasteiger partial charge < -0.3 is 21.1 Å². The van der Waals surface area contributed by atoms with Gasteiger partial charge in [0, 0.05) is 11.4 Å². The van der Waals surface area contributed by atoms with Crippen molar-refractivity contribution in [1.82, 2.24) is 0 Å². The summed E-state index contributed by atoms with van der Waals surface area (Å²) in [6.07, 6.45) is -0.225. The number of fused-ring (bicyclic) bond motifs is 1. The highest BCUT2D eigenvalue weighted by Crippen LogP contribution is 2.27. The number of urea groups is 1. The Morgan fingerprint density at radius 2 is 1.34 bits per heavy atom. The standard InChI is InChI=1S/C28H25N3O4/c1-17-8-7-9-18(2)26(17)31-28(35)30-24-15-20-11-4-3-10-19(20)14-22(24)27(34)29-23-13-6-5-12-21(23)16-25(32)33/h3-15H,16H2,1-2H3,(H,29,34)(H,32,33)(H2,30,31,35). The van der Waals surface area contributed by atoms with Gasteiger partial charge in [0.2, 0.25) is 0 Å². The van der Waals surface area contributed by atoms with Gasteiger partial charge in [0.05, 0.1) is 17.7 Å². The fraction of sp³-hybridized carbons (Fsp3) is 0.107. The maximum atomic E-state index is 13.3. The van der Waals surface area contributed by atoms with Crippen LogP contribution in [-0.4, -0.2) is 23.0 Å². The van der Waals surface area contributed by atoms with Gasteiger partial charge in [-0.1, -0.05) is 60.7 Å². The number of benzene rings is 4. The molecular weight excluding hydrogens is 442 g/mol. The molecule has 176 valence electrons. The van der Waals surface area contributed by atoms with Gasteiger partial charge in [-0.25, -0.2) is 4.79 Å². The van der Waals surface area contributed by atoms with Crippen LogP contribution >= 0.6 is 0 Å². The zero-order chi connectivity index (χ0) is 24.9. The first kappa shape index (κ1) is 23.5. The first-order chi connectivity index (χ1) is 16.8. The fourth-order valence-corrected chi connectivity index (χ4v) is 3.96. The molecule has 0 aliphatic rings. The number of rotatable bonds is 6. The smallest absolute Gasteiger partial charge is 0.323 e. The van der Waals surface area contributed by atoms with Gasteiger partial charge >= 0.3 is 12.0 Å². The number of para-hydroxylation sites is 2. The monoisotopic (exact) mass is 467 g/mol. The molecule has 0 heterocycles. The molecular formula is C28H25N3O4. The lowest BCUT2D eigenvalue weighted by Crippen LogP contribution is -2.23. The predicted octanol–water partition coefficient (Wildman–Crippen LogP) is 5.98. The van der Waals surface area contributed by atoms with Crippen molar-refractivity contribution >= 4 is 45.7 Å². The lowest BCUT2D eigenvalue weighted by Gasteiger charge is -2.16. The zero-order valence-electron chi connectivity index (χ0n) is 19.4. The third kappa shape index (κ3) is 5.47. The number of carboxylic acids is 1. The Labute approximate surface area is 202 Å². The number of aliphatic carboxylic acids is 1. The molecule has 0 aliphatic carbocycles. The van der Waals surface area contributed by atoms with Gasteiger partial charge in [0.25, 0.3) is 5.91 Å². The van der Waals surface area contributed by atoms with E-state index in [2.05, 4.69) is 16.0 Å². The van der Waals surface area contributed by atoms with Crippen LogP contribution in [0.3, 0.4) is 0 Å². The van der Waals surface area contributed by atoms with E-state index in [4.69, 9.17) is 0 Å². The lowest BCUT2D eigenvalue weighted by molar-refractivity contribution is -0.136. The van der Waals surface area contributed by atoms with Crippen molar-refractivity contribution < 1.29 is 19.5 Å². The Kier molecular flexibility index (Phi) is 6.78. The van der Waals surface area contributed by atoms with Gasteiger partial charge in [0.1, 0.15) is 0 Å². The first-order valence-electron chi connectivity index (χ1n) is 11.1. The Bertz CT molecular complexity index is 1430. The minimum absolute atomic E-state index is 0.225. The number of aryl methyl sites for hydroxylation is 2. The normalized spacial score (nSPS) is 10.6. The number of carbonyl (C=O) groups is 3. The quantitative estimate of drug-likeness (QED) is 0.280. The topological polar surface area (TPSA) is 108 Å². The molecule has 4 rings (SSSR count). The Morgan fingerprint density at radius 1 is 0.714 bits per heavy atom. The van der Waals surface area contributed by atoms with Crippen LogP contribution in [0.25, 0.3) is 10.8 Å². The number of carboxylic acid groups (broad SMARTS) is 1. The van der Waals surface area contributed by atoms with Crippen LogP contribution < -0.4 is 16.0 Å². The predicted molar refractivity (Wildman–Crippen MR) is 138 cm³/mol. The summed E-state index contributed by atoms with van der Waals surface area (Å²) in [6.45, 7) is 3.82. The van der Waals surface area contributed by atoms with E-state index in [0.29, 0.717) is 22.6 Å². The minimum Gasteiger partial charge on any atom is -0.481 e. The average Bonchev–Trinajstić information content (AvgIpc) is 2.82. The summed E-state index contributed by atoms with van der Waals surface area (Å²) in [5, 5.41) is 19.4. The van der Waals surface area contributed by atoms with Crippen LogP contribution in [0.5, 0.6) is 0 Å². The van der Waals surface area contributed by atoms with E-state index in [1.807, 2.05) is 56.3 Å². The molecule has 3 amide bonds. The molecule has 7 heteroatoms. The van der Waals surface area contributed by atoms with E-state index in [1.54, 1.807) is 36.4 Å². The van der Waals surface area contributed by atoms with Crippen LogP contribution in [0.1, 0.15) is 27.0 Å². The van der Waals surface area contributed by atoms with Crippen molar-refractivity contribution in [3.05, 3.63) is 101 Å². The molecule has 0 saturated heterocycles. The van der Waals surface area contributed by atoms with E-state index in [9.17, 15) is 19.5 Å². The average molecular weight is 468 g/mol. The summed E-state index contributed by atoms with van der Waals surface area (Å²) in [6, 6.07) is 23.0. The highest BCUT2D eigenvalue weighted by atomic mass is 16.4. The van der Waals surface area contributed by atoms with Gasteiger partial charge in [-0.2, -0.15) is 0 Å². The molecule has 7 nitrogen and oxygen atoms in total. The van der Waals surface area contributed by atoms with Crippen LogP contribution in [-0.2, 0) is 11.2 Å². The Balaban J connectivity index is 1.67. The second-order valence-electron chi connectivity index (χ2n) is 8.27. The summed E-state index contributed by atoms with van der Waals surface area (Å²) < 4.78 is 0. The van der Waals surface area contributed by atoms with Gasteiger partial charge in [-0.15, -0.1) is 0 Å². The van der Waals surface area contributed by atoms with Crippen molar-refractivity contribution in [2.24, 2.45) is 0 Å². The Hall–Kier alpha value is -4.65. The van der Waals surface area contributed by atoms with Crippen LogP contribution in [0, 0.1) is 13.8 Å². The lowest BCUT2D eigenvalue weighted by atomic mass is 10.0. The maximum absolute atomic E-state index is 13.3. The number of anilines is 3. The number of hydrogen-bond acceptors (Lipinski definition) is 3. The van der Waals surface area contributed by atoms with Crippen molar-refractivity contribution in [1.29, 1.82) is 0 Å². The summed E-state index contributed by atoms with van der Waals surface area (Å²) in [5.41, 5.74) is 4.03. The largest absolute Gasteiger partial charge is 0.481 e. The summed E-state index contributed by atoms with van der Waals surface area (Å²) >= 11 is 0. The molecule has 0 radical (unpaired) electrons. The summed E-state index contributed by atoms with van der Waals surface area (Å²) in [7, 11) is 0. The molecule has 0 fully saturated rings. The third-order valence-electron chi connectivity index (χ3n) is 5.71. The van der Waals surface area contributed by atoms with E-state index in [0.717, 1.165) is 21.9 Å². The summed E-state index contributed by atoms with van der Waals surface area (Å²) in [5.74, 6) is -1.46. The van der Waals surface area contributed by atoms with Gasteiger partial charge in [-0.05, 0) is 59.5 Å². The maximum Gasteiger partial charge on any atom is 0.323 e. The molecule has 0 saturated carbocycles. The van der Waals surface area contributed by atoms with E-state index in [-0.39, 0.29) is 12.0 Å². The number of carbonyl (C=O) groups excluding carboxylic acids is 2.